The number of hydrogen-bond donors (Lipinski definition) is 0. The summed E-state index contributed by atoms with van der Waals surface area (Å²) in [6.45, 7) is 4.71. The molecule has 2 heterocycles. The van der Waals surface area contributed by atoms with Crippen molar-refractivity contribution in [1.29, 1.82) is 0 Å². The summed E-state index contributed by atoms with van der Waals surface area (Å²) in [4.78, 5) is 29.4. The molecule has 0 saturated carbocycles. The predicted octanol–water partition coefficient (Wildman–Crippen LogP) is 2.30. The Morgan fingerprint density at radius 3 is 2.88 bits per heavy atom. The minimum Gasteiger partial charge on any atom is -0.487 e. The number of ether oxygens (including phenoxy) is 2. The van der Waals surface area contributed by atoms with Crippen molar-refractivity contribution in [2.45, 2.75) is 6.92 Å². The number of nitro groups is 1. The zero-order valence-electron chi connectivity index (χ0n) is 13.6. The molecule has 1 saturated heterocycles. The van der Waals surface area contributed by atoms with E-state index in [1.165, 1.54) is 17.8 Å². The smallest absolute Gasteiger partial charge is 0.311 e. The van der Waals surface area contributed by atoms with Gasteiger partial charge in [0, 0.05) is 19.2 Å². The van der Waals surface area contributed by atoms with E-state index in [2.05, 4.69) is 4.99 Å². The number of carbonyl (C=O) groups is 1. The summed E-state index contributed by atoms with van der Waals surface area (Å²) in [5, 5.41) is 11.9. The molecule has 0 radical (unpaired) electrons. The Labute approximate surface area is 148 Å². The van der Waals surface area contributed by atoms with Gasteiger partial charge in [-0.3, -0.25) is 14.9 Å². The van der Waals surface area contributed by atoms with Crippen LogP contribution in [0, 0.1) is 10.1 Å². The first-order valence-electron chi connectivity index (χ1n) is 7.85. The summed E-state index contributed by atoms with van der Waals surface area (Å²) >= 11 is 1.28. The first kappa shape index (κ1) is 17.4. The third kappa shape index (κ3) is 3.99. The molecule has 0 aromatic heterocycles. The van der Waals surface area contributed by atoms with E-state index in [0.717, 1.165) is 0 Å². The molecule has 0 atom stereocenters. The van der Waals surface area contributed by atoms with Gasteiger partial charge in [0.1, 0.15) is 0 Å². The molecule has 2 aliphatic heterocycles. The fraction of sp³-hybridized carbons (Fsp3) is 0.375. The average molecular weight is 363 g/mol. The van der Waals surface area contributed by atoms with Crippen LogP contribution in [0.5, 0.6) is 5.75 Å². The zero-order chi connectivity index (χ0) is 17.8. The summed E-state index contributed by atoms with van der Waals surface area (Å²) < 4.78 is 10.6. The molecule has 0 aliphatic carbocycles. The molecule has 132 valence electrons. The number of hydrogen-bond acceptors (Lipinski definition) is 7. The van der Waals surface area contributed by atoms with Gasteiger partial charge < -0.3 is 14.4 Å². The van der Waals surface area contributed by atoms with Gasteiger partial charge in [-0.05, 0) is 36.4 Å². The summed E-state index contributed by atoms with van der Waals surface area (Å²) in [6, 6.07) is 4.63. The molecule has 1 amide bonds. The van der Waals surface area contributed by atoms with Crippen molar-refractivity contribution in [3.8, 4) is 5.75 Å². The van der Waals surface area contributed by atoms with Gasteiger partial charge in [-0.25, -0.2) is 0 Å². The number of benzene rings is 1. The van der Waals surface area contributed by atoms with E-state index in [1.807, 2.05) is 4.90 Å². The maximum absolute atomic E-state index is 12.1. The molecule has 0 bridgehead atoms. The molecular formula is C16H17N3O5S. The first-order valence-corrected chi connectivity index (χ1v) is 8.66. The minimum absolute atomic E-state index is 0.124. The van der Waals surface area contributed by atoms with E-state index < -0.39 is 4.92 Å². The van der Waals surface area contributed by atoms with E-state index in [1.54, 1.807) is 25.1 Å². The lowest BCUT2D eigenvalue weighted by Gasteiger charge is -2.27. The van der Waals surface area contributed by atoms with Crippen LogP contribution in [-0.2, 0) is 9.53 Å². The molecule has 1 aromatic rings. The lowest BCUT2D eigenvalue weighted by atomic mass is 10.1. The molecule has 1 aromatic carbocycles. The molecule has 0 spiro atoms. The van der Waals surface area contributed by atoms with E-state index in [4.69, 9.17) is 9.47 Å². The van der Waals surface area contributed by atoms with Gasteiger partial charge in [-0.2, -0.15) is 4.99 Å². The van der Waals surface area contributed by atoms with Gasteiger partial charge in [0.05, 0.1) is 29.6 Å². The summed E-state index contributed by atoms with van der Waals surface area (Å²) in [7, 11) is 0. The Morgan fingerprint density at radius 2 is 2.20 bits per heavy atom. The minimum atomic E-state index is -0.494. The Kier molecular flexibility index (Phi) is 5.34. The number of carbonyl (C=O) groups excluding carboxylic acids is 1. The number of thioether (sulfide) groups is 1. The largest absolute Gasteiger partial charge is 0.487 e. The van der Waals surface area contributed by atoms with Crippen LogP contribution in [0.4, 0.5) is 5.69 Å². The maximum atomic E-state index is 12.1. The van der Waals surface area contributed by atoms with Crippen molar-refractivity contribution >= 4 is 34.6 Å². The van der Waals surface area contributed by atoms with Crippen LogP contribution in [-0.4, -0.2) is 53.8 Å². The number of rotatable bonds is 4. The zero-order valence-corrected chi connectivity index (χ0v) is 14.5. The number of amidine groups is 1. The van der Waals surface area contributed by atoms with Crippen molar-refractivity contribution in [2.24, 2.45) is 4.99 Å². The average Bonchev–Trinajstić information content (AvgIpc) is 2.98. The van der Waals surface area contributed by atoms with Crippen LogP contribution >= 0.6 is 11.8 Å². The van der Waals surface area contributed by atoms with E-state index >= 15 is 0 Å². The van der Waals surface area contributed by atoms with Crippen molar-refractivity contribution in [1.82, 2.24) is 4.90 Å². The molecule has 0 N–H and O–H groups in total. The summed E-state index contributed by atoms with van der Waals surface area (Å²) in [5.74, 6) is -0.117. The lowest BCUT2D eigenvalue weighted by molar-refractivity contribution is -0.385. The Morgan fingerprint density at radius 1 is 1.44 bits per heavy atom. The Balaban J connectivity index is 1.80. The third-order valence-electron chi connectivity index (χ3n) is 3.67. The molecule has 3 rings (SSSR count). The standard InChI is InChI=1S/C16H17N3O5S/c1-2-24-13-4-3-11(9-12(13)19(21)22)10-14-15(20)17-16(25-14)18-5-7-23-8-6-18/h3-4,9-10H,2,5-8H2,1H3/b14-10+. The lowest BCUT2D eigenvalue weighted by Crippen LogP contribution is -2.38. The van der Waals surface area contributed by atoms with Gasteiger partial charge >= 0.3 is 5.69 Å². The highest BCUT2D eigenvalue weighted by Gasteiger charge is 2.27. The maximum Gasteiger partial charge on any atom is 0.311 e. The molecule has 0 unspecified atom stereocenters. The molecule has 8 nitrogen and oxygen atoms in total. The number of morpholine rings is 1. The van der Waals surface area contributed by atoms with E-state index in [9.17, 15) is 14.9 Å². The quantitative estimate of drug-likeness (QED) is 0.460. The van der Waals surface area contributed by atoms with Crippen LogP contribution in [0.1, 0.15) is 12.5 Å². The highest BCUT2D eigenvalue weighted by Crippen LogP contribution is 2.33. The molecule has 1 fully saturated rings. The third-order valence-corrected chi connectivity index (χ3v) is 4.71. The Hall–Kier alpha value is -2.39. The number of nitro benzene ring substituents is 1. The number of aliphatic imine (C=N–C) groups is 1. The highest BCUT2D eigenvalue weighted by molar-refractivity contribution is 8.18. The molecule has 25 heavy (non-hydrogen) atoms. The SMILES string of the molecule is CCOc1ccc(/C=C2/SC(N3CCOCC3)=NC2=O)cc1[N+](=O)[O-]. The monoisotopic (exact) mass is 363 g/mol. The van der Waals surface area contributed by atoms with Crippen LogP contribution < -0.4 is 4.74 Å². The van der Waals surface area contributed by atoms with Gasteiger partial charge in [-0.15, -0.1) is 0 Å². The number of nitrogens with zero attached hydrogens (tertiary/aromatic N) is 3. The first-order chi connectivity index (χ1) is 12.1. The molecule has 9 heteroatoms. The predicted molar refractivity (Wildman–Crippen MR) is 94.7 cm³/mol. The van der Waals surface area contributed by atoms with E-state index in [-0.39, 0.29) is 17.3 Å². The van der Waals surface area contributed by atoms with E-state index in [0.29, 0.717) is 48.5 Å². The van der Waals surface area contributed by atoms with Crippen LogP contribution in [0.25, 0.3) is 6.08 Å². The van der Waals surface area contributed by atoms with Gasteiger partial charge in [0.2, 0.25) is 0 Å². The second-order valence-electron chi connectivity index (χ2n) is 5.33. The van der Waals surface area contributed by atoms with Crippen LogP contribution in [0.3, 0.4) is 0 Å². The topological polar surface area (TPSA) is 94.3 Å². The fourth-order valence-corrected chi connectivity index (χ4v) is 3.45. The molecular weight excluding hydrogens is 346 g/mol. The van der Waals surface area contributed by atoms with Crippen molar-refractivity contribution in [3.05, 3.63) is 38.8 Å². The van der Waals surface area contributed by atoms with Crippen molar-refractivity contribution in [2.75, 3.05) is 32.9 Å². The molecule has 2 aliphatic rings. The van der Waals surface area contributed by atoms with Gasteiger partial charge in [-0.1, -0.05) is 6.07 Å². The summed E-state index contributed by atoms with van der Waals surface area (Å²) in [6.07, 6.45) is 1.62. The normalized spacial score (nSPS) is 19.2. The van der Waals surface area contributed by atoms with Gasteiger partial charge in [0.25, 0.3) is 5.91 Å². The Bertz CT molecular complexity index is 756. The highest BCUT2D eigenvalue weighted by atomic mass is 32.2. The second-order valence-corrected chi connectivity index (χ2v) is 6.34. The van der Waals surface area contributed by atoms with Crippen molar-refractivity contribution in [3.63, 3.8) is 0 Å². The summed E-state index contributed by atoms with van der Waals surface area (Å²) in [5.41, 5.74) is 0.436. The second kappa shape index (κ2) is 7.66. The van der Waals surface area contributed by atoms with Gasteiger partial charge in [0.15, 0.2) is 10.9 Å². The van der Waals surface area contributed by atoms with Crippen LogP contribution in [0.2, 0.25) is 0 Å². The fourth-order valence-electron chi connectivity index (χ4n) is 2.48. The van der Waals surface area contributed by atoms with Crippen LogP contribution in [0.15, 0.2) is 28.1 Å². The number of amides is 1. The van der Waals surface area contributed by atoms with Crippen molar-refractivity contribution < 1.29 is 19.2 Å².